The van der Waals surface area contributed by atoms with Crippen molar-refractivity contribution < 1.29 is 0 Å². The van der Waals surface area contributed by atoms with Gasteiger partial charge < -0.3 is 11.1 Å². The van der Waals surface area contributed by atoms with Crippen molar-refractivity contribution in [3.05, 3.63) is 58.7 Å². The molecule has 0 bridgehead atoms. The third-order valence-electron chi connectivity index (χ3n) is 3.27. The molecule has 0 aliphatic heterocycles. The van der Waals surface area contributed by atoms with Gasteiger partial charge >= 0.3 is 0 Å². The normalized spacial score (nSPS) is 9.53. The minimum atomic E-state index is 0.914. The lowest BCUT2D eigenvalue weighted by Crippen LogP contribution is -1.93. The van der Waals surface area contributed by atoms with Crippen molar-refractivity contribution in [1.29, 1.82) is 0 Å². The van der Waals surface area contributed by atoms with E-state index in [9.17, 15) is 0 Å². The molecule has 0 spiro atoms. The van der Waals surface area contributed by atoms with Crippen LogP contribution in [0.5, 0.6) is 0 Å². The van der Waals surface area contributed by atoms with Crippen LogP contribution in [-0.4, -0.2) is 7.05 Å². The van der Waals surface area contributed by atoms with Crippen molar-refractivity contribution in [1.82, 2.24) is 0 Å². The van der Waals surface area contributed by atoms with Gasteiger partial charge in [-0.1, -0.05) is 36.4 Å². The highest BCUT2D eigenvalue weighted by Gasteiger charge is 1.96. The largest absolute Gasteiger partial charge is 0.398 e. The smallest absolute Gasteiger partial charge is 0.0396 e. The molecular formula is C17H24N2. The van der Waals surface area contributed by atoms with Crippen LogP contribution in [0.2, 0.25) is 0 Å². The van der Waals surface area contributed by atoms with Crippen molar-refractivity contribution in [2.45, 2.75) is 27.7 Å². The molecule has 0 saturated heterocycles. The fourth-order valence-corrected chi connectivity index (χ4v) is 2.04. The van der Waals surface area contributed by atoms with E-state index < -0.39 is 0 Å². The zero-order chi connectivity index (χ0) is 14.4. The maximum atomic E-state index is 5.68. The van der Waals surface area contributed by atoms with E-state index in [2.05, 4.69) is 37.4 Å². The molecule has 2 heteroatoms. The van der Waals surface area contributed by atoms with E-state index in [1.54, 1.807) is 0 Å². The maximum absolute atomic E-state index is 5.68. The third kappa shape index (κ3) is 4.02. The minimum Gasteiger partial charge on any atom is -0.398 e. The second kappa shape index (κ2) is 6.83. The number of nitrogen functional groups attached to an aromatic ring is 1. The Labute approximate surface area is 116 Å². The van der Waals surface area contributed by atoms with Crippen molar-refractivity contribution in [3.63, 3.8) is 0 Å². The van der Waals surface area contributed by atoms with Crippen LogP contribution in [0.3, 0.4) is 0 Å². The van der Waals surface area contributed by atoms with Crippen molar-refractivity contribution in [2.75, 3.05) is 18.1 Å². The van der Waals surface area contributed by atoms with Crippen LogP contribution < -0.4 is 11.1 Å². The Balaban J connectivity index is 0.000000191. The van der Waals surface area contributed by atoms with Crippen LogP contribution in [0, 0.1) is 27.7 Å². The number of nitrogens with two attached hydrogens (primary N) is 1. The first-order valence-electron chi connectivity index (χ1n) is 6.53. The van der Waals surface area contributed by atoms with Gasteiger partial charge in [0.05, 0.1) is 0 Å². The molecule has 0 amide bonds. The van der Waals surface area contributed by atoms with E-state index in [0.29, 0.717) is 0 Å². The lowest BCUT2D eigenvalue weighted by molar-refractivity contribution is 1.34. The maximum Gasteiger partial charge on any atom is 0.0396 e. The zero-order valence-electron chi connectivity index (χ0n) is 12.5. The molecule has 2 nitrogen and oxygen atoms in total. The first kappa shape index (κ1) is 15.1. The van der Waals surface area contributed by atoms with Crippen LogP contribution in [0.25, 0.3) is 0 Å². The van der Waals surface area contributed by atoms with E-state index in [1.165, 1.54) is 16.8 Å². The summed E-state index contributed by atoms with van der Waals surface area (Å²) in [7, 11) is 1.95. The number of hydrogen-bond acceptors (Lipinski definition) is 2. The first-order chi connectivity index (χ1) is 8.97. The van der Waals surface area contributed by atoms with Crippen LogP contribution >= 0.6 is 0 Å². The standard InChI is InChI=1S/C9H13N.C8H11N/c1-7-5-4-6-8(2)9(7)10-3;1-6-4-3-5-7(2)8(6)9/h4-6,10H,1-3H3;3-5H,9H2,1-2H3. The summed E-state index contributed by atoms with van der Waals surface area (Å²) in [5, 5.41) is 3.16. The topological polar surface area (TPSA) is 38.0 Å². The molecule has 0 unspecified atom stereocenters. The van der Waals surface area contributed by atoms with E-state index in [0.717, 1.165) is 16.8 Å². The van der Waals surface area contributed by atoms with E-state index in [-0.39, 0.29) is 0 Å². The molecule has 0 radical (unpaired) electrons. The Morgan fingerprint density at radius 1 is 0.737 bits per heavy atom. The summed E-state index contributed by atoms with van der Waals surface area (Å²) in [6.45, 7) is 8.25. The molecule has 2 aromatic rings. The highest BCUT2D eigenvalue weighted by molar-refractivity contribution is 5.56. The molecule has 0 fully saturated rings. The summed E-state index contributed by atoms with van der Waals surface area (Å²) < 4.78 is 0. The van der Waals surface area contributed by atoms with Gasteiger partial charge in [0.15, 0.2) is 0 Å². The number of aryl methyl sites for hydroxylation is 4. The Morgan fingerprint density at radius 2 is 1.11 bits per heavy atom. The van der Waals surface area contributed by atoms with E-state index in [4.69, 9.17) is 5.73 Å². The summed E-state index contributed by atoms with van der Waals surface area (Å²) in [5.41, 5.74) is 12.8. The van der Waals surface area contributed by atoms with Gasteiger partial charge in [-0.2, -0.15) is 0 Å². The molecule has 0 aliphatic rings. The summed E-state index contributed by atoms with van der Waals surface area (Å²) in [4.78, 5) is 0. The van der Waals surface area contributed by atoms with Crippen molar-refractivity contribution >= 4 is 11.4 Å². The average molecular weight is 256 g/mol. The number of benzene rings is 2. The molecule has 0 saturated carbocycles. The van der Waals surface area contributed by atoms with Crippen LogP contribution in [-0.2, 0) is 0 Å². The number of nitrogens with one attached hydrogen (secondary N) is 1. The lowest BCUT2D eigenvalue weighted by atomic mass is 10.1. The molecule has 0 atom stereocenters. The SMILES string of the molecule is CNc1c(C)cccc1C.Cc1cccc(C)c1N. The van der Waals surface area contributed by atoms with Crippen LogP contribution in [0.15, 0.2) is 36.4 Å². The van der Waals surface area contributed by atoms with Gasteiger partial charge in [-0.15, -0.1) is 0 Å². The summed E-state index contributed by atoms with van der Waals surface area (Å²) >= 11 is 0. The van der Waals surface area contributed by atoms with Gasteiger partial charge in [-0.05, 0) is 49.9 Å². The van der Waals surface area contributed by atoms with Gasteiger partial charge in [0.25, 0.3) is 0 Å². The Bertz CT molecular complexity index is 504. The number of anilines is 2. The first-order valence-corrected chi connectivity index (χ1v) is 6.53. The van der Waals surface area contributed by atoms with Crippen LogP contribution in [0.4, 0.5) is 11.4 Å². The molecule has 0 aromatic heterocycles. The molecule has 102 valence electrons. The third-order valence-corrected chi connectivity index (χ3v) is 3.27. The molecular weight excluding hydrogens is 232 g/mol. The zero-order valence-corrected chi connectivity index (χ0v) is 12.5. The summed E-state index contributed by atoms with van der Waals surface area (Å²) in [5.74, 6) is 0. The van der Waals surface area contributed by atoms with Gasteiger partial charge in [0, 0.05) is 18.4 Å². The Kier molecular flexibility index (Phi) is 5.43. The monoisotopic (exact) mass is 256 g/mol. The fraction of sp³-hybridized carbons (Fsp3) is 0.294. The highest BCUT2D eigenvalue weighted by Crippen LogP contribution is 2.17. The molecule has 3 N–H and O–H groups in total. The highest BCUT2D eigenvalue weighted by atomic mass is 14.8. The second-order valence-electron chi connectivity index (χ2n) is 4.82. The second-order valence-corrected chi connectivity index (χ2v) is 4.82. The minimum absolute atomic E-state index is 0.914. The van der Waals surface area contributed by atoms with Gasteiger partial charge in [0.2, 0.25) is 0 Å². The summed E-state index contributed by atoms with van der Waals surface area (Å²) in [6.07, 6.45) is 0. The van der Waals surface area contributed by atoms with Gasteiger partial charge in [0.1, 0.15) is 0 Å². The van der Waals surface area contributed by atoms with Gasteiger partial charge in [-0.3, -0.25) is 0 Å². The molecule has 2 aromatic carbocycles. The van der Waals surface area contributed by atoms with Crippen LogP contribution in [0.1, 0.15) is 22.3 Å². The average Bonchev–Trinajstić information content (AvgIpc) is 2.37. The quantitative estimate of drug-likeness (QED) is 0.749. The predicted molar refractivity (Wildman–Crippen MR) is 85.8 cm³/mol. The van der Waals surface area contributed by atoms with Gasteiger partial charge in [-0.25, -0.2) is 0 Å². The predicted octanol–water partition coefficient (Wildman–Crippen LogP) is 4.23. The lowest BCUT2D eigenvalue weighted by Gasteiger charge is -2.07. The number of rotatable bonds is 1. The Morgan fingerprint density at radius 3 is 1.37 bits per heavy atom. The number of para-hydroxylation sites is 2. The summed E-state index contributed by atoms with van der Waals surface area (Å²) in [6, 6.07) is 12.3. The van der Waals surface area contributed by atoms with Crippen molar-refractivity contribution in [2.24, 2.45) is 0 Å². The Hall–Kier alpha value is -1.96. The number of hydrogen-bond donors (Lipinski definition) is 2. The van der Waals surface area contributed by atoms with E-state index >= 15 is 0 Å². The molecule has 19 heavy (non-hydrogen) atoms. The fourth-order valence-electron chi connectivity index (χ4n) is 2.04. The van der Waals surface area contributed by atoms with E-state index in [1.807, 2.05) is 39.1 Å². The molecule has 0 aliphatic carbocycles. The molecule has 0 heterocycles. The van der Waals surface area contributed by atoms with Crippen molar-refractivity contribution in [3.8, 4) is 0 Å². The molecule has 2 rings (SSSR count).